The van der Waals surface area contributed by atoms with Crippen LogP contribution in [-0.4, -0.2) is 37.7 Å². The van der Waals surface area contributed by atoms with Gasteiger partial charge >= 0.3 is 0 Å². The third-order valence-corrected chi connectivity index (χ3v) is 7.33. The van der Waals surface area contributed by atoms with Crippen molar-refractivity contribution in [2.24, 2.45) is 5.92 Å². The number of aromatic nitrogens is 4. The summed E-state index contributed by atoms with van der Waals surface area (Å²) in [5, 5.41) is 12.4. The van der Waals surface area contributed by atoms with E-state index in [1.54, 1.807) is 18.3 Å². The molecule has 2 aromatic heterocycles. The molecule has 1 saturated carbocycles. The Morgan fingerprint density at radius 1 is 1.18 bits per heavy atom. The molecule has 1 amide bonds. The van der Waals surface area contributed by atoms with Crippen molar-refractivity contribution in [2.75, 3.05) is 12.1 Å². The average Bonchev–Trinajstić information content (AvgIpc) is 3.46. The van der Waals surface area contributed by atoms with E-state index in [2.05, 4.69) is 32.0 Å². The predicted octanol–water partition coefficient (Wildman–Crippen LogP) is 4.94. The lowest BCUT2D eigenvalue weighted by atomic mass is 9.85. The van der Waals surface area contributed by atoms with Gasteiger partial charge in [0.15, 0.2) is 22.5 Å². The summed E-state index contributed by atoms with van der Waals surface area (Å²) in [4.78, 5) is 17.2. The number of fused-ring (bicyclic) bond motifs is 1. The quantitative estimate of drug-likeness (QED) is 0.516. The molecule has 1 aliphatic carbocycles. The molecular weight excluding hydrogens is 438 g/mol. The summed E-state index contributed by atoms with van der Waals surface area (Å²) in [6.45, 7) is 4.38. The highest BCUT2D eigenvalue weighted by Crippen LogP contribution is 2.40. The van der Waals surface area contributed by atoms with Crippen LogP contribution in [0, 0.1) is 5.92 Å². The first-order valence-corrected chi connectivity index (χ1v) is 12.2. The van der Waals surface area contributed by atoms with Gasteiger partial charge in [-0.3, -0.25) is 14.3 Å². The molecule has 3 aromatic rings. The molecule has 0 bridgehead atoms. The Bertz CT molecular complexity index is 1140. The largest absolute Gasteiger partial charge is 0.454 e. The minimum Gasteiger partial charge on any atom is -0.454 e. The van der Waals surface area contributed by atoms with Crippen molar-refractivity contribution in [2.45, 2.75) is 56.0 Å². The third kappa shape index (κ3) is 4.55. The molecule has 1 fully saturated rings. The van der Waals surface area contributed by atoms with Gasteiger partial charge in [-0.1, -0.05) is 31.5 Å². The molecule has 172 valence electrons. The first-order chi connectivity index (χ1) is 16.1. The Kier molecular flexibility index (Phi) is 6.22. The van der Waals surface area contributed by atoms with Crippen LogP contribution < -0.4 is 14.8 Å². The van der Waals surface area contributed by atoms with Crippen molar-refractivity contribution in [3.63, 3.8) is 0 Å². The average molecular weight is 466 g/mol. The first-order valence-electron chi connectivity index (χ1n) is 11.3. The second-order valence-corrected chi connectivity index (χ2v) is 9.87. The van der Waals surface area contributed by atoms with Crippen LogP contribution in [0.1, 0.15) is 45.6 Å². The second kappa shape index (κ2) is 9.43. The van der Waals surface area contributed by atoms with Gasteiger partial charge in [0.05, 0.1) is 5.25 Å². The number of nitrogens with one attached hydrogen (secondary N) is 1. The lowest BCUT2D eigenvalue weighted by molar-refractivity contribution is -0.115. The summed E-state index contributed by atoms with van der Waals surface area (Å²) in [5.74, 6) is 2.55. The van der Waals surface area contributed by atoms with Crippen molar-refractivity contribution in [1.82, 2.24) is 19.7 Å². The molecule has 3 atom stereocenters. The number of hydrogen-bond donors (Lipinski definition) is 1. The molecule has 33 heavy (non-hydrogen) atoms. The number of carbonyl (C=O) groups excluding carboxylic acids is 1. The molecule has 0 spiro atoms. The number of hydrogen-bond acceptors (Lipinski definition) is 7. The van der Waals surface area contributed by atoms with E-state index in [4.69, 9.17) is 9.47 Å². The Hall–Kier alpha value is -3.07. The zero-order chi connectivity index (χ0) is 22.8. The van der Waals surface area contributed by atoms with Crippen LogP contribution in [0.15, 0.2) is 47.9 Å². The van der Waals surface area contributed by atoms with Crippen molar-refractivity contribution in [3.8, 4) is 22.9 Å². The number of benzene rings is 1. The van der Waals surface area contributed by atoms with Crippen LogP contribution in [0.4, 0.5) is 5.69 Å². The lowest BCUT2D eigenvalue weighted by Gasteiger charge is -2.31. The standard InChI is InChI=1S/C24H27N5O3S/c1-15-6-3-4-8-19(15)29-22(17-7-5-11-25-13-17)27-28-24(29)33-16(2)23(30)26-18-9-10-20-21(12-18)32-14-31-20/h5,7,9-13,15-16,19H,3-4,6,8,14H2,1-2H3,(H,26,30)/t15-,16-,19+/m0/s1. The molecular formula is C24H27N5O3S. The molecule has 5 rings (SSSR count). The highest BCUT2D eigenvalue weighted by atomic mass is 32.2. The molecule has 0 saturated heterocycles. The van der Waals surface area contributed by atoms with Gasteiger partial charge in [0.2, 0.25) is 12.7 Å². The predicted molar refractivity (Wildman–Crippen MR) is 126 cm³/mol. The number of anilines is 1. The SMILES string of the molecule is C[C@H](Sc1nnc(-c2cccnc2)n1[C@@H]1CCCC[C@@H]1C)C(=O)Nc1ccc2c(c1)OCO2. The molecule has 1 N–H and O–H groups in total. The highest BCUT2D eigenvalue weighted by Gasteiger charge is 2.30. The van der Waals surface area contributed by atoms with E-state index < -0.39 is 0 Å². The molecule has 9 heteroatoms. The van der Waals surface area contributed by atoms with Crippen molar-refractivity contribution < 1.29 is 14.3 Å². The minimum absolute atomic E-state index is 0.104. The summed E-state index contributed by atoms with van der Waals surface area (Å²) in [6.07, 6.45) is 8.27. The first kappa shape index (κ1) is 21.8. The Labute approximate surface area is 197 Å². The van der Waals surface area contributed by atoms with Gasteiger partial charge in [-0.25, -0.2) is 0 Å². The molecule has 1 aromatic carbocycles. The van der Waals surface area contributed by atoms with E-state index in [1.165, 1.54) is 31.0 Å². The van der Waals surface area contributed by atoms with Crippen LogP contribution in [0.25, 0.3) is 11.4 Å². The van der Waals surface area contributed by atoms with Gasteiger partial charge in [-0.15, -0.1) is 10.2 Å². The fourth-order valence-electron chi connectivity index (χ4n) is 4.46. The van der Waals surface area contributed by atoms with Crippen LogP contribution in [0.3, 0.4) is 0 Å². The Balaban J connectivity index is 1.38. The fraction of sp³-hybridized carbons (Fsp3) is 0.417. The number of rotatable bonds is 6. The van der Waals surface area contributed by atoms with Crippen molar-refractivity contribution >= 4 is 23.4 Å². The smallest absolute Gasteiger partial charge is 0.237 e. The van der Waals surface area contributed by atoms with E-state index >= 15 is 0 Å². The van der Waals surface area contributed by atoms with Gasteiger partial charge in [-0.05, 0) is 49.9 Å². The maximum Gasteiger partial charge on any atom is 0.237 e. The monoisotopic (exact) mass is 465 g/mol. The van der Waals surface area contributed by atoms with Crippen molar-refractivity contribution in [3.05, 3.63) is 42.7 Å². The highest BCUT2D eigenvalue weighted by molar-refractivity contribution is 8.00. The number of thioether (sulfide) groups is 1. The van der Waals surface area contributed by atoms with E-state index in [9.17, 15) is 4.79 Å². The maximum absolute atomic E-state index is 13.0. The van der Waals surface area contributed by atoms with Crippen LogP contribution >= 0.6 is 11.8 Å². The van der Waals surface area contributed by atoms with Gasteiger partial charge in [0, 0.05) is 35.8 Å². The normalized spacial score (nSPS) is 20.4. The molecule has 0 radical (unpaired) electrons. The van der Waals surface area contributed by atoms with Gasteiger partial charge in [-0.2, -0.15) is 0 Å². The number of carbonyl (C=O) groups is 1. The topological polar surface area (TPSA) is 91.2 Å². The Morgan fingerprint density at radius 2 is 2.03 bits per heavy atom. The summed E-state index contributed by atoms with van der Waals surface area (Å²) in [7, 11) is 0. The Morgan fingerprint density at radius 3 is 2.85 bits per heavy atom. The van der Waals surface area contributed by atoms with E-state index in [0.29, 0.717) is 29.1 Å². The zero-order valence-corrected chi connectivity index (χ0v) is 19.5. The minimum atomic E-state index is -0.362. The van der Waals surface area contributed by atoms with Crippen molar-refractivity contribution in [1.29, 1.82) is 0 Å². The summed E-state index contributed by atoms with van der Waals surface area (Å²) < 4.78 is 13.0. The summed E-state index contributed by atoms with van der Waals surface area (Å²) in [6, 6.07) is 9.62. The van der Waals surface area contributed by atoms with Crippen LogP contribution in [-0.2, 0) is 4.79 Å². The van der Waals surface area contributed by atoms with Crippen LogP contribution in [0.5, 0.6) is 11.5 Å². The van der Waals surface area contributed by atoms with Gasteiger partial charge in [0.25, 0.3) is 0 Å². The molecule has 1 aliphatic heterocycles. The summed E-state index contributed by atoms with van der Waals surface area (Å²) in [5.41, 5.74) is 1.61. The number of ether oxygens (including phenoxy) is 2. The molecule has 3 heterocycles. The molecule has 8 nitrogen and oxygen atoms in total. The van der Waals surface area contributed by atoms with E-state index in [1.807, 2.05) is 31.3 Å². The zero-order valence-electron chi connectivity index (χ0n) is 18.7. The molecule has 2 aliphatic rings. The fourth-order valence-corrected chi connectivity index (χ4v) is 5.36. The third-order valence-electron chi connectivity index (χ3n) is 6.27. The lowest BCUT2D eigenvalue weighted by Crippen LogP contribution is -2.25. The van der Waals surface area contributed by atoms with Crippen LogP contribution in [0.2, 0.25) is 0 Å². The van der Waals surface area contributed by atoms with Gasteiger partial charge in [0.1, 0.15) is 0 Å². The van der Waals surface area contributed by atoms with Gasteiger partial charge < -0.3 is 14.8 Å². The van der Waals surface area contributed by atoms with E-state index in [0.717, 1.165) is 23.0 Å². The molecule has 0 unspecified atom stereocenters. The van der Waals surface area contributed by atoms with E-state index in [-0.39, 0.29) is 18.0 Å². The summed E-state index contributed by atoms with van der Waals surface area (Å²) >= 11 is 1.44. The number of pyridine rings is 1. The number of amides is 1. The number of nitrogens with zero attached hydrogens (tertiary/aromatic N) is 4. The maximum atomic E-state index is 13.0. The second-order valence-electron chi connectivity index (χ2n) is 8.56.